The molecule has 27 nitrogen and oxygen atoms in total. The molecular formula is C95H78N4O23. The first-order valence-electron chi connectivity index (χ1n) is 38.4. The molecule has 27 heteroatoms. The van der Waals surface area contributed by atoms with Crippen molar-refractivity contribution < 1.29 is 108 Å². The van der Waals surface area contributed by atoms with Gasteiger partial charge in [-0.3, -0.25) is 43.4 Å². The zero-order chi connectivity index (χ0) is 86.5. The summed E-state index contributed by atoms with van der Waals surface area (Å²) >= 11 is 0. The number of furan rings is 4. The molecular weight excluding hydrogens is 1570 g/mol. The van der Waals surface area contributed by atoms with Crippen LogP contribution in [0.1, 0.15) is 110 Å². The van der Waals surface area contributed by atoms with Crippen LogP contribution in [0.4, 0.5) is 23.5 Å². The number of hydrogen-bond acceptors (Lipinski definition) is 23. The lowest BCUT2D eigenvalue weighted by molar-refractivity contribution is -0.131. The van der Waals surface area contributed by atoms with E-state index in [1.54, 1.807) is 79.7 Å². The Morgan fingerprint density at radius 1 is 0.361 bits per heavy atom. The number of hydrogen-bond donors (Lipinski definition) is 0. The van der Waals surface area contributed by atoms with Crippen LogP contribution in [-0.2, 0) is 44.7 Å². The van der Waals surface area contributed by atoms with E-state index in [1.807, 2.05) is 52.0 Å². The Balaban J connectivity index is 1.03. The number of aryl methyl sites for hydroxylation is 4. The molecule has 2 unspecified atom stereocenters. The number of ketones is 1. The maximum Gasteiger partial charge on any atom is 0.338 e. The van der Waals surface area contributed by atoms with Gasteiger partial charge in [0.05, 0.1) is 28.5 Å². The van der Waals surface area contributed by atoms with Gasteiger partial charge < -0.3 is 60.3 Å². The number of imide groups is 2. The number of carbonyl (C=O) groups is 10. The first-order valence-corrected chi connectivity index (χ1v) is 38.4. The van der Waals surface area contributed by atoms with Crippen LogP contribution in [0, 0.1) is 27.7 Å². The molecule has 15 rings (SSSR count). The number of anilines is 4. The van der Waals surface area contributed by atoms with Gasteiger partial charge in [-0.2, -0.15) is 0 Å². The average molecular weight is 1640 g/mol. The summed E-state index contributed by atoms with van der Waals surface area (Å²) in [5.74, 6) is -10.5. The normalized spacial score (nSPS) is 12.9. The van der Waals surface area contributed by atoms with Crippen molar-refractivity contribution in [2.45, 2.75) is 86.7 Å². The molecule has 9 aromatic carbocycles. The second kappa shape index (κ2) is 33.3. The lowest BCUT2D eigenvalue weighted by Crippen LogP contribution is -2.54. The van der Waals surface area contributed by atoms with Gasteiger partial charge in [0.15, 0.2) is 23.0 Å². The van der Waals surface area contributed by atoms with Crippen LogP contribution in [0.5, 0.6) is 63.2 Å². The van der Waals surface area contributed by atoms with E-state index in [9.17, 15) is 19.2 Å². The summed E-state index contributed by atoms with van der Waals surface area (Å²) in [6.45, 7) is 27.4. The SMILES string of the molecule is C=C(C)C(=O)Cc1coc(N(C(=O)C(CCOC)N2C(=O)c3cc(Oc4cccc(C)c4)c4c5c(Oc6cccc(C)c6)cc6c7c(cc(Oc8cccc(C)c8)c(c8c(Oc9cccc(C)c9)cc(c3c48)C2=O)c75)C(=O)N(C(CCOC)C(=O)N(c2cc(OC(=O)C(=C)C)co2)c2cc(OC(=O)C(=C)C)co2)C6=O)c2cc(OC(=O)C(=C)C)co2)c1. The van der Waals surface area contributed by atoms with E-state index in [4.69, 9.17) is 60.3 Å². The van der Waals surface area contributed by atoms with E-state index in [0.29, 0.717) is 5.56 Å². The molecule has 2 aliphatic heterocycles. The summed E-state index contributed by atoms with van der Waals surface area (Å²) in [6.07, 6.45) is 3.35. The lowest BCUT2D eigenvalue weighted by Gasteiger charge is -2.36. The van der Waals surface area contributed by atoms with Crippen molar-refractivity contribution >= 4 is 126 Å². The summed E-state index contributed by atoms with van der Waals surface area (Å²) in [5.41, 5.74) is 2.73. The summed E-state index contributed by atoms with van der Waals surface area (Å²) in [6, 6.07) is 35.1. The van der Waals surface area contributed by atoms with Crippen molar-refractivity contribution in [3.05, 3.63) is 269 Å². The van der Waals surface area contributed by atoms with Gasteiger partial charge in [0.2, 0.25) is 23.5 Å². The highest BCUT2D eigenvalue weighted by Crippen LogP contribution is 2.59. The molecule has 616 valence electrons. The number of carbonyl (C=O) groups excluding carboxylic acids is 10. The largest absolute Gasteiger partial charge is 0.457 e. The molecule has 0 spiro atoms. The Labute approximate surface area is 696 Å². The Kier molecular flexibility index (Phi) is 22.3. The van der Waals surface area contributed by atoms with Crippen LogP contribution in [0.15, 0.2) is 237 Å². The van der Waals surface area contributed by atoms with Crippen LogP contribution in [0.25, 0.3) is 43.1 Å². The summed E-state index contributed by atoms with van der Waals surface area (Å²) in [5, 5.41) is 0.670. The average Bonchev–Trinajstić information content (AvgIpc) is 0.881. The summed E-state index contributed by atoms with van der Waals surface area (Å²) < 4.78 is 81.0. The molecule has 0 bridgehead atoms. The number of esters is 3. The molecule has 0 fully saturated rings. The molecule has 13 aromatic rings. The van der Waals surface area contributed by atoms with Crippen LogP contribution in [0.3, 0.4) is 0 Å². The van der Waals surface area contributed by atoms with Gasteiger partial charge in [-0.05, 0) is 156 Å². The lowest BCUT2D eigenvalue weighted by atomic mass is 9.80. The van der Waals surface area contributed by atoms with E-state index in [2.05, 4.69) is 26.3 Å². The zero-order valence-corrected chi connectivity index (χ0v) is 67.9. The third-order valence-electron chi connectivity index (χ3n) is 20.4. The third-order valence-corrected chi connectivity index (χ3v) is 20.4. The maximum absolute atomic E-state index is 16.9. The Morgan fingerprint density at radius 3 is 0.918 bits per heavy atom. The number of ether oxygens (including phenoxy) is 9. The monoisotopic (exact) mass is 1640 g/mol. The van der Waals surface area contributed by atoms with Crippen molar-refractivity contribution in [1.29, 1.82) is 0 Å². The molecule has 0 aliphatic carbocycles. The molecule has 122 heavy (non-hydrogen) atoms. The van der Waals surface area contributed by atoms with Crippen molar-refractivity contribution in [3.8, 4) is 63.2 Å². The minimum atomic E-state index is -1.88. The highest BCUT2D eigenvalue weighted by Gasteiger charge is 2.49. The molecule has 0 radical (unpaired) electrons. The quantitative estimate of drug-likeness (QED) is 0.0128. The third kappa shape index (κ3) is 15.6. The fraction of sp³-hybridized carbons (Fsp3) is 0.179. The fourth-order valence-electron chi connectivity index (χ4n) is 14.7. The molecule has 0 saturated carbocycles. The second-order valence-corrected chi connectivity index (χ2v) is 29.8. The number of amides is 6. The molecule has 6 amide bonds. The Morgan fingerprint density at radius 2 is 0.648 bits per heavy atom. The molecule has 6 heterocycles. The summed E-state index contributed by atoms with van der Waals surface area (Å²) in [7, 11) is 2.72. The van der Waals surface area contributed by atoms with E-state index in [0.717, 1.165) is 60.6 Å². The van der Waals surface area contributed by atoms with E-state index in [-0.39, 0.29) is 206 Å². The fourth-order valence-corrected chi connectivity index (χ4v) is 14.7. The van der Waals surface area contributed by atoms with E-state index >= 15 is 28.8 Å². The number of nitrogens with zero attached hydrogens (tertiary/aromatic N) is 4. The number of benzene rings is 9. The molecule has 0 saturated heterocycles. The number of Topliss-reactive ketones (excluding diaryl/α,β-unsaturated/α-hetero) is 1. The number of allylic oxidation sites excluding steroid dienone is 1. The maximum atomic E-state index is 16.9. The van der Waals surface area contributed by atoms with Crippen LogP contribution < -0.4 is 43.0 Å². The van der Waals surface area contributed by atoms with Gasteiger partial charge in [0.25, 0.3) is 35.4 Å². The van der Waals surface area contributed by atoms with Crippen molar-refractivity contribution in [3.63, 3.8) is 0 Å². The minimum absolute atomic E-state index is 0.00292. The van der Waals surface area contributed by atoms with Crippen molar-refractivity contribution in [2.24, 2.45) is 0 Å². The van der Waals surface area contributed by atoms with Gasteiger partial charge in [-0.1, -0.05) is 74.8 Å². The van der Waals surface area contributed by atoms with Gasteiger partial charge in [0, 0.05) is 136 Å². The topological polar surface area (TPSA) is 319 Å². The smallest absolute Gasteiger partial charge is 0.338 e. The van der Waals surface area contributed by atoms with Crippen molar-refractivity contribution in [1.82, 2.24) is 9.80 Å². The summed E-state index contributed by atoms with van der Waals surface area (Å²) in [4.78, 5) is 156. The predicted octanol–water partition coefficient (Wildman–Crippen LogP) is 19.4. The minimum Gasteiger partial charge on any atom is -0.457 e. The number of methoxy groups -OCH3 is 2. The highest BCUT2D eigenvalue weighted by atomic mass is 16.6. The zero-order valence-electron chi connectivity index (χ0n) is 67.9. The first kappa shape index (κ1) is 81.9. The number of rotatable bonds is 31. The van der Waals surface area contributed by atoms with Crippen LogP contribution >= 0.6 is 0 Å². The Hall–Kier alpha value is -15.2. The van der Waals surface area contributed by atoms with Crippen LogP contribution in [0.2, 0.25) is 0 Å². The van der Waals surface area contributed by atoms with Crippen molar-refractivity contribution in [2.75, 3.05) is 37.2 Å². The second-order valence-electron chi connectivity index (χ2n) is 29.8. The molecule has 2 atom stereocenters. The predicted molar refractivity (Wildman–Crippen MR) is 448 cm³/mol. The first-order chi connectivity index (χ1) is 58.5. The van der Waals surface area contributed by atoms with Crippen LogP contribution in [-0.4, -0.2) is 108 Å². The van der Waals surface area contributed by atoms with E-state index in [1.165, 1.54) is 89.8 Å². The van der Waals surface area contributed by atoms with Gasteiger partial charge in [-0.15, -0.1) is 0 Å². The highest BCUT2D eigenvalue weighted by molar-refractivity contribution is 6.45. The Bertz CT molecular complexity index is 5870. The number of fused-ring (bicyclic) bond motifs is 2. The van der Waals surface area contributed by atoms with E-state index < -0.39 is 71.9 Å². The molecule has 2 aliphatic rings. The van der Waals surface area contributed by atoms with Gasteiger partial charge in [-0.25, -0.2) is 24.2 Å². The van der Waals surface area contributed by atoms with Gasteiger partial charge >= 0.3 is 17.9 Å². The van der Waals surface area contributed by atoms with Gasteiger partial charge in [0.1, 0.15) is 76.9 Å². The molecule has 4 aromatic heterocycles. The standard InChI is InChI=1S/C95H78N4O23/c1-48(2)70(100)35-56-36-75(112-44-56)98(76-37-61(45-113-76)120-93(107)49(3)4)91(105)68(27-29-110-13)96-87(101)64-40-71(116-57-23-15-19-52(9)31-57)81-83-73(118-59-25-17-21-54(11)33-59)42-66-80-67(43-74(119-60-26-18-22-55(12)34-60)84(86(80)83)82-72(117-58-24-16-20-53(10)32-58)41-65(88(96)102)79(64)85(81)82)90(104)97(89(66)103)69(28-30-111-14)92(106)99(77-38-62(46-114-77)121-94(108)50(5)6)78-39-63(47-115-78)122-95(109)51(7)8/h15-26,31-34,36-47,68-69H,1,3,5,7,27-30,35H2,2,4,6,8-14H3. The molecule has 0 N–H and O–H groups in total.